The van der Waals surface area contributed by atoms with Crippen molar-refractivity contribution in [1.82, 2.24) is 20.4 Å². The number of nitrogens with one attached hydrogen (secondary N) is 2. The summed E-state index contributed by atoms with van der Waals surface area (Å²) in [5, 5.41) is 10.5. The van der Waals surface area contributed by atoms with Crippen molar-refractivity contribution in [2.75, 3.05) is 6.54 Å². The first-order valence-corrected chi connectivity index (χ1v) is 6.41. The minimum atomic E-state index is 0.0748. The third-order valence-electron chi connectivity index (χ3n) is 3.03. The van der Waals surface area contributed by atoms with Crippen molar-refractivity contribution in [3.8, 4) is 0 Å². The van der Waals surface area contributed by atoms with E-state index in [4.69, 9.17) is 0 Å². The number of carbonyl (C=O) groups is 1. The van der Waals surface area contributed by atoms with E-state index in [0.29, 0.717) is 25.6 Å². The highest BCUT2D eigenvalue weighted by Crippen LogP contribution is 2.11. The van der Waals surface area contributed by atoms with E-state index in [1.165, 1.54) is 0 Å². The maximum Gasteiger partial charge on any atom is 0.221 e. The Bertz CT molecular complexity index is 409. The standard InChI is InChI=1S/C13H24N4O/c1-9(2)14-7-6-13(18)15-8-12-10(3)16-17(5)11(12)4/h9,14H,6-8H2,1-5H3,(H,15,18). The minimum Gasteiger partial charge on any atom is -0.352 e. The summed E-state index contributed by atoms with van der Waals surface area (Å²) in [5.74, 6) is 0.0748. The van der Waals surface area contributed by atoms with Crippen molar-refractivity contribution in [3.05, 3.63) is 17.0 Å². The molecule has 0 aliphatic rings. The van der Waals surface area contributed by atoms with Crippen LogP contribution in [-0.4, -0.2) is 28.3 Å². The first-order valence-electron chi connectivity index (χ1n) is 6.41. The maximum absolute atomic E-state index is 11.6. The summed E-state index contributed by atoms with van der Waals surface area (Å²) in [7, 11) is 1.92. The summed E-state index contributed by atoms with van der Waals surface area (Å²) in [5.41, 5.74) is 3.20. The molecule has 0 atom stereocenters. The highest BCUT2D eigenvalue weighted by molar-refractivity contribution is 5.76. The Hall–Kier alpha value is -1.36. The quantitative estimate of drug-likeness (QED) is 0.795. The Balaban J connectivity index is 2.38. The van der Waals surface area contributed by atoms with Gasteiger partial charge in [0.15, 0.2) is 0 Å². The highest BCUT2D eigenvalue weighted by atomic mass is 16.1. The predicted octanol–water partition coefficient (Wildman–Crippen LogP) is 1.04. The first-order chi connectivity index (χ1) is 8.41. The van der Waals surface area contributed by atoms with Crippen LogP contribution in [0.3, 0.4) is 0 Å². The van der Waals surface area contributed by atoms with Crippen molar-refractivity contribution in [2.24, 2.45) is 7.05 Å². The summed E-state index contributed by atoms with van der Waals surface area (Å²) in [4.78, 5) is 11.6. The Labute approximate surface area is 109 Å². The SMILES string of the molecule is Cc1nn(C)c(C)c1CNC(=O)CCNC(C)C. The molecule has 0 radical (unpaired) electrons. The van der Waals surface area contributed by atoms with Gasteiger partial charge in [-0.15, -0.1) is 0 Å². The van der Waals surface area contributed by atoms with Crippen LogP contribution >= 0.6 is 0 Å². The molecule has 0 fully saturated rings. The average Bonchev–Trinajstić information content (AvgIpc) is 2.50. The number of rotatable bonds is 6. The lowest BCUT2D eigenvalue weighted by molar-refractivity contribution is -0.121. The Morgan fingerprint density at radius 2 is 2.06 bits per heavy atom. The molecule has 1 amide bonds. The predicted molar refractivity (Wildman–Crippen MR) is 72.3 cm³/mol. The van der Waals surface area contributed by atoms with Gasteiger partial charge in [0.2, 0.25) is 5.91 Å². The number of amides is 1. The summed E-state index contributed by atoms with van der Waals surface area (Å²) in [6.07, 6.45) is 0.510. The number of aromatic nitrogens is 2. The number of carbonyl (C=O) groups excluding carboxylic acids is 1. The van der Waals surface area contributed by atoms with Crippen molar-refractivity contribution in [1.29, 1.82) is 0 Å². The molecule has 0 aromatic carbocycles. The Morgan fingerprint density at radius 3 is 2.56 bits per heavy atom. The van der Waals surface area contributed by atoms with Gasteiger partial charge < -0.3 is 10.6 Å². The van der Waals surface area contributed by atoms with E-state index in [0.717, 1.165) is 17.0 Å². The zero-order valence-electron chi connectivity index (χ0n) is 12.0. The molecule has 1 aromatic heterocycles. The second-order valence-corrected chi connectivity index (χ2v) is 4.91. The van der Waals surface area contributed by atoms with Gasteiger partial charge in [-0.3, -0.25) is 9.48 Å². The Kier molecular flexibility index (Phi) is 5.34. The lowest BCUT2D eigenvalue weighted by atomic mass is 10.2. The summed E-state index contributed by atoms with van der Waals surface area (Å²) in [6, 6.07) is 0.417. The van der Waals surface area contributed by atoms with Gasteiger partial charge in [0, 0.05) is 43.9 Å². The number of hydrogen-bond acceptors (Lipinski definition) is 3. The van der Waals surface area contributed by atoms with Crippen LogP contribution in [0.25, 0.3) is 0 Å². The van der Waals surface area contributed by atoms with Crippen molar-refractivity contribution >= 4 is 5.91 Å². The van der Waals surface area contributed by atoms with E-state index in [1.807, 2.05) is 25.6 Å². The van der Waals surface area contributed by atoms with Gasteiger partial charge >= 0.3 is 0 Å². The van der Waals surface area contributed by atoms with E-state index in [1.54, 1.807) is 0 Å². The molecule has 18 heavy (non-hydrogen) atoms. The lowest BCUT2D eigenvalue weighted by Crippen LogP contribution is -2.30. The maximum atomic E-state index is 11.6. The first kappa shape index (κ1) is 14.7. The summed E-state index contributed by atoms with van der Waals surface area (Å²) in [6.45, 7) is 9.40. The van der Waals surface area contributed by atoms with Gasteiger partial charge in [-0.05, 0) is 13.8 Å². The normalized spacial score (nSPS) is 11.0. The fourth-order valence-corrected chi connectivity index (χ4v) is 1.82. The third kappa shape index (κ3) is 4.14. The molecular formula is C13H24N4O. The van der Waals surface area contributed by atoms with Crippen LogP contribution in [-0.2, 0) is 18.4 Å². The molecule has 2 N–H and O–H groups in total. The molecule has 1 heterocycles. The number of aryl methyl sites for hydroxylation is 2. The van der Waals surface area contributed by atoms with Gasteiger partial charge in [-0.25, -0.2) is 0 Å². The van der Waals surface area contributed by atoms with Crippen LogP contribution < -0.4 is 10.6 Å². The second kappa shape index (κ2) is 6.54. The molecule has 0 saturated heterocycles. The molecule has 0 unspecified atom stereocenters. The van der Waals surface area contributed by atoms with Crippen LogP contribution in [0.4, 0.5) is 0 Å². The molecule has 102 valence electrons. The molecule has 1 aromatic rings. The van der Waals surface area contributed by atoms with E-state index in [9.17, 15) is 4.79 Å². The van der Waals surface area contributed by atoms with Gasteiger partial charge in [-0.2, -0.15) is 5.10 Å². The number of nitrogens with zero attached hydrogens (tertiary/aromatic N) is 2. The Morgan fingerprint density at radius 1 is 1.39 bits per heavy atom. The topological polar surface area (TPSA) is 59.0 Å². The van der Waals surface area contributed by atoms with Crippen molar-refractivity contribution in [3.63, 3.8) is 0 Å². The zero-order chi connectivity index (χ0) is 13.7. The van der Waals surface area contributed by atoms with Gasteiger partial charge in [0.1, 0.15) is 0 Å². The van der Waals surface area contributed by atoms with Crippen LogP contribution in [0, 0.1) is 13.8 Å². The van der Waals surface area contributed by atoms with E-state index in [-0.39, 0.29) is 5.91 Å². The van der Waals surface area contributed by atoms with E-state index in [2.05, 4.69) is 29.6 Å². The minimum absolute atomic E-state index is 0.0748. The highest BCUT2D eigenvalue weighted by Gasteiger charge is 2.10. The molecule has 1 rings (SSSR count). The zero-order valence-corrected chi connectivity index (χ0v) is 12.0. The molecule has 0 aliphatic carbocycles. The van der Waals surface area contributed by atoms with Crippen LogP contribution in [0.15, 0.2) is 0 Å². The molecule has 5 nitrogen and oxygen atoms in total. The average molecular weight is 252 g/mol. The summed E-state index contributed by atoms with van der Waals surface area (Å²) >= 11 is 0. The molecule has 0 aliphatic heterocycles. The van der Waals surface area contributed by atoms with Gasteiger partial charge in [-0.1, -0.05) is 13.8 Å². The van der Waals surface area contributed by atoms with E-state index < -0.39 is 0 Å². The molecule has 0 bridgehead atoms. The van der Waals surface area contributed by atoms with Gasteiger partial charge in [0.25, 0.3) is 0 Å². The second-order valence-electron chi connectivity index (χ2n) is 4.91. The molecule has 5 heteroatoms. The third-order valence-corrected chi connectivity index (χ3v) is 3.03. The van der Waals surface area contributed by atoms with Gasteiger partial charge in [0.05, 0.1) is 5.69 Å². The molecule has 0 saturated carbocycles. The fourth-order valence-electron chi connectivity index (χ4n) is 1.82. The largest absolute Gasteiger partial charge is 0.352 e. The lowest BCUT2D eigenvalue weighted by Gasteiger charge is -2.08. The van der Waals surface area contributed by atoms with Crippen molar-refractivity contribution < 1.29 is 4.79 Å². The van der Waals surface area contributed by atoms with Crippen LogP contribution in [0.1, 0.15) is 37.2 Å². The van der Waals surface area contributed by atoms with Crippen LogP contribution in [0.5, 0.6) is 0 Å². The van der Waals surface area contributed by atoms with E-state index >= 15 is 0 Å². The smallest absolute Gasteiger partial charge is 0.221 e. The number of hydrogen-bond donors (Lipinski definition) is 2. The summed E-state index contributed by atoms with van der Waals surface area (Å²) < 4.78 is 1.84. The molecular weight excluding hydrogens is 228 g/mol. The monoisotopic (exact) mass is 252 g/mol. The molecule has 0 spiro atoms. The van der Waals surface area contributed by atoms with Crippen LogP contribution in [0.2, 0.25) is 0 Å². The van der Waals surface area contributed by atoms with Crippen molar-refractivity contribution in [2.45, 2.75) is 46.7 Å². The fraction of sp³-hybridized carbons (Fsp3) is 0.692.